The first kappa shape index (κ1) is 31.2. The first-order valence-electron chi connectivity index (χ1n) is 13.5. The molecule has 1 amide bonds. The number of hydrogen-bond acceptors (Lipinski definition) is 6. The van der Waals surface area contributed by atoms with Gasteiger partial charge < -0.3 is 25.3 Å². The van der Waals surface area contributed by atoms with Crippen LogP contribution < -0.4 is 5.73 Å². The van der Waals surface area contributed by atoms with Crippen molar-refractivity contribution in [3.8, 4) is 0 Å². The first-order valence-corrected chi connectivity index (χ1v) is 15.0. The smallest absolute Gasteiger partial charge is 0.391 e. The van der Waals surface area contributed by atoms with Gasteiger partial charge in [-0.1, -0.05) is 48.7 Å². The van der Waals surface area contributed by atoms with E-state index in [0.717, 1.165) is 38.2 Å². The van der Waals surface area contributed by atoms with Crippen LogP contribution in [0, 0.1) is 0 Å². The van der Waals surface area contributed by atoms with E-state index < -0.39 is 25.1 Å². The minimum absolute atomic E-state index is 0.0735. The average molecular weight is 598 g/mol. The summed E-state index contributed by atoms with van der Waals surface area (Å²) < 4.78 is 57.0. The Bertz CT molecular complexity index is 1310. The second-order valence-electron chi connectivity index (χ2n) is 10.9. The number of likely N-dealkylation sites (tertiary alicyclic amines) is 1. The number of carbonyl (C=O) groups excluding carboxylic acids is 1. The number of halogens is 3. The molecule has 224 valence electrons. The number of rotatable bonds is 9. The summed E-state index contributed by atoms with van der Waals surface area (Å²) in [4.78, 5) is 37.6. The molecule has 1 heterocycles. The van der Waals surface area contributed by atoms with Crippen LogP contribution in [-0.2, 0) is 26.7 Å². The number of alkyl halides is 3. The van der Waals surface area contributed by atoms with Crippen molar-refractivity contribution in [1.29, 1.82) is 0 Å². The van der Waals surface area contributed by atoms with Gasteiger partial charge in [0.15, 0.2) is 0 Å². The second kappa shape index (κ2) is 12.6. The molecule has 9 nitrogen and oxygen atoms in total. The standard InChI is InChI=1S/C28H35F3N3O6P/c1-19(33-39-16-20-7-12-24(22-5-3-2-4-6-22)25(15-20)28(29,30)31)21-8-10-23(11-9-21)26(35)34-14-13-27(32,17-34)18-40-41(36,37)38/h7-12,15,22H,2-6,13-14,16-18,32H2,1H3,(H2,36,37,38)/b33-19+. The third-order valence-electron chi connectivity index (χ3n) is 7.64. The lowest BCUT2D eigenvalue weighted by atomic mass is 9.81. The summed E-state index contributed by atoms with van der Waals surface area (Å²) in [5.74, 6) is -0.362. The lowest BCUT2D eigenvalue weighted by molar-refractivity contribution is -0.138. The molecular formula is C28H35F3N3O6P. The van der Waals surface area contributed by atoms with E-state index in [1.54, 1.807) is 43.3 Å². The van der Waals surface area contributed by atoms with Gasteiger partial charge in [-0.2, -0.15) is 13.2 Å². The van der Waals surface area contributed by atoms with Gasteiger partial charge in [0.2, 0.25) is 0 Å². The van der Waals surface area contributed by atoms with Crippen molar-refractivity contribution in [2.75, 3.05) is 19.7 Å². The van der Waals surface area contributed by atoms with E-state index in [1.165, 1.54) is 4.90 Å². The SMILES string of the molecule is C/C(=N\OCc1ccc(C2CCCCC2)c(C(F)(F)F)c1)c1ccc(C(=O)N2CCC(N)(COP(=O)(O)O)C2)cc1. The molecule has 0 spiro atoms. The number of hydrogen-bond donors (Lipinski definition) is 3. The van der Waals surface area contributed by atoms with Crippen LogP contribution in [0.25, 0.3) is 0 Å². The van der Waals surface area contributed by atoms with Gasteiger partial charge in [-0.3, -0.25) is 9.32 Å². The molecule has 2 aromatic rings. The van der Waals surface area contributed by atoms with Crippen LogP contribution in [0.4, 0.5) is 13.2 Å². The lowest BCUT2D eigenvalue weighted by Gasteiger charge is -2.25. The minimum atomic E-state index is -4.67. The van der Waals surface area contributed by atoms with Crippen LogP contribution in [0.1, 0.15) is 84.0 Å². The Balaban J connectivity index is 1.35. The summed E-state index contributed by atoms with van der Waals surface area (Å²) in [6.45, 7) is 1.59. The van der Waals surface area contributed by atoms with E-state index >= 15 is 0 Å². The van der Waals surface area contributed by atoms with Gasteiger partial charge in [0.1, 0.15) is 6.61 Å². The van der Waals surface area contributed by atoms with Crippen LogP contribution >= 0.6 is 7.82 Å². The van der Waals surface area contributed by atoms with Gasteiger partial charge >= 0.3 is 14.0 Å². The number of carbonyl (C=O) groups is 1. The van der Waals surface area contributed by atoms with Crippen molar-refractivity contribution in [3.63, 3.8) is 0 Å². The maximum atomic E-state index is 13.8. The molecular weight excluding hydrogens is 562 g/mol. The van der Waals surface area contributed by atoms with Gasteiger partial charge in [0.25, 0.3) is 5.91 Å². The van der Waals surface area contributed by atoms with E-state index in [1.807, 2.05) is 0 Å². The number of benzene rings is 2. The molecule has 0 radical (unpaired) electrons. The molecule has 2 aliphatic rings. The largest absolute Gasteiger partial charge is 0.469 e. The molecule has 4 N–H and O–H groups in total. The second-order valence-corrected chi connectivity index (χ2v) is 12.1. The molecule has 1 atom stereocenters. The predicted octanol–water partition coefficient (Wildman–Crippen LogP) is 5.35. The zero-order valence-electron chi connectivity index (χ0n) is 22.8. The Morgan fingerprint density at radius 1 is 1.12 bits per heavy atom. The van der Waals surface area contributed by atoms with Crippen LogP contribution in [-0.4, -0.2) is 51.5 Å². The Kier molecular flexibility index (Phi) is 9.60. The van der Waals surface area contributed by atoms with Gasteiger partial charge in [-0.15, -0.1) is 0 Å². The number of nitrogens with zero attached hydrogens (tertiary/aromatic N) is 2. The van der Waals surface area contributed by atoms with E-state index in [9.17, 15) is 22.5 Å². The Morgan fingerprint density at radius 2 is 1.78 bits per heavy atom. The van der Waals surface area contributed by atoms with E-state index in [2.05, 4.69) is 9.68 Å². The molecule has 1 aliphatic carbocycles. The normalized spacial score (nSPS) is 20.9. The van der Waals surface area contributed by atoms with Crippen LogP contribution in [0.15, 0.2) is 47.6 Å². The highest BCUT2D eigenvalue weighted by molar-refractivity contribution is 7.46. The summed E-state index contributed by atoms with van der Waals surface area (Å²) in [5, 5.41) is 4.05. The molecule has 4 rings (SSSR count). The highest BCUT2D eigenvalue weighted by Gasteiger charge is 2.39. The molecule has 41 heavy (non-hydrogen) atoms. The topological polar surface area (TPSA) is 135 Å². The molecule has 13 heteroatoms. The highest BCUT2D eigenvalue weighted by Crippen LogP contribution is 2.41. The fraction of sp³-hybridized carbons (Fsp3) is 0.500. The monoisotopic (exact) mass is 597 g/mol. The highest BCUT2D eigenvalue weighted by atomic mass is 31.2. The van der Waals surface area contributed by atoms with Crippen molar-refractivity contribution in [3.05, 3.63) is 70.3 Å². The van der Waals surface area contributed by atoms with Crippen molar-refractivity contribution in [1.82, 2.24) is 4.90 Å². The quantitative estimate of drug-likeness (QED) is 0.202. The third-order valence-corrected chi connectivity index (χ3v) is 8.11. The Hall–Kier alpha value is -2.76. The van der Waals surface area contributed by atoms with E-state index in [0.29, 0.717) is 40.9 Å². The Labute approximate surface area is 236 Å². The zero-order valence-corrected chi connectivity index (χ0v) is 23.7. The van der Waals surface area contributed by atoms with Crippen LogP contribution in [0.3, 0.4) is 0 Å². The molecule has 1 unspecified atom stereocenters. The minimum Gasteiger partial charge on any atom is -0.391 e. The molecule has 0 aromatic heterocycles. The number of phosphoric ester groups is 1. The number of amides is 1. The van der Waals surface area contributed by atoms with E-state index in [4.69, 9.17) is 20.4 Å². The maximum Gasteiger partial charge on any atom is 0.469 e. The molecule has 1 saturated carbocycles. The van der Waals surface area contributed by atoms with Crippen molar-refractivity contribution >= 4 is 19.4 Å². The van der Waals surface area contributed by atoms with Crippen LogP contribution in [0.2, 0.25) is 0 Å². The molecule has 2 aromatic carbocycles. The van der Waals surface area contributed by atoms with Crippen molar-refractivity contribution in [2.24, 2.45) is 10.9 Å². The van der Waals surface area contributed by atoms with Gasteiger partial charge in [-0.25, -0.2) is 4.57 Å². The van der Waals surface area contributed by atoms with Gasteiger partial charge in [-0.05, 0) is 67.0 Å². The molecule has 2 fully saturated rings. The number of oxime groups is 1. The summed E-state index contributed by atoms with van der Waals surface area (Å²) in [6, 6.07) is 11.0. The zero-order chi connectivity index (χ0) is 29.8. The van der Waals surface area contributed by atoms with Crippen molar-refractivity contribution in [2.45, 2.75) is 69.7 Å². The van der Waals surface area contributed by atoms with Crippen molar-refractivity contribution < 1.29 is 41.7 Å². The summed E-state index contributed by atoms with van der Waals surface area (Å²) in [6.07, 6.45) is 0.374. The predicted molar refractivity (Wildman–Crippen MR) is 146 cm³/mol. The third kappa shape index (κ3) is 8.39. The summed E-state index contributed by atoms with van der Waals surface area (Å²) in [5.41, 5.74) is 6.75. The summed E-state index contributed by atoms with van der Waals surface area (Å²) >= 11 is 0. The Morgan fingerprint density at radius 3 is 2.41 bits per heavy atom. The molecule has 0 bridgehead atoms. The average Bonchev–Trinajstić information content (AvgIpc) is 3.33. The first-order chi connectivity index (χ1) is 19.2. The molecule has 1 aliphatic heterocycles. The fourth-order valence-electron chi connectivity index (χ4n) is 5.40. The fourth-order valence-corrected chi connectivity index (χ4v) is 5.83. The summed E-state index contributed by atoms with van der Waals surface area (Å²) in [7, 11) is -4.67. The molecule has 1 saturated heterocycles. The van der Waals surface area contributed by atoms with Gasteiger partial charge in [0.05, 0.1) is 23.4 Å². The number of nitrogens with two attached hydrogens (primary N) is 1. The number of phosphoric acid groups is 1. The van der Waals surface area contributed by atoms with Crippen LogP contribution in [0.5, 0.6) is 0 Å². The lowest BCUT2D eigenvalue weighted by Crippen LogP contribution is -2.47. The van der Waals surface area contributed by atoms with E-state index in [-0.39, 0.29) is 31.6 Å². The maximum absolute atomic E-state index is 13.8. The van der Waals surface area contributed by atoms with Gasteiger partial charge in [0, 0.05) is 18.7 Å².